The average molecular weight is 427 g/mol. The molecule has 1 aromatic rings. The first kappa shape index (κ1) is 18.1. The zero-order valence-electron chi connectivity index (χ0n) is 11.7. The molecule has 0 saturated heterocycles. The molecule has 1 atom stereocenters. The van der Waals surface area contributed by atoms with E-state index >= 15 is 0 Å². The molecule has 116 valence electrons. The lowest BCUT2D eigenvalue weighted by molar-refractivity contribution is 0.0513. The number of carbonyl (C=O) groups excluding carboxylic acids is 1. The number of hydrogen-bond donors (Lipinski definition) is 1. The van der Waals surface area contributed by atoms with Crippen molar-refractivity contribution >= 4 is 38.0 Å². The largest absolute Gasteiger partial charge is 0.444 e. The highest BCUT2D eigenvalue weighted by atomic mass is 79.9. The van der Waals surface area contributed by atoms with Gasteiger partial charge in [0.2, 0.25) is 0 Å². The molecule has 21 heavy (non-hydrogen) atoms. The Morgan fingerprint density at radius 1 is 1.24 bits per heavy atom. The third-order valence-corrected chi connectivity index (χ3v) is 2.74. The summed E-state index contributed by atoms with van der Waals surface area (Å²) in [6, 6.07) is 2.30. The number of carbonyl (C=O) groups is 1. The van der Waals surface area contributed by atoms with Crippen LogP contribution in [0.3, 0.4) is 0 Å². The first-order valence-corrected chi connectivity index (χ1v) is 7.64. The van der Waals surface area contributed by atoms with Crippen molar-refractivity contribution in [3.8, 4) is 0 Å². The van der Waals surface area contributed by atoms with E-state index in [2.05, 4.69) is 37.2 Å². The highest BCUT2D eigenvalue weighted by Crippen LogP contribution is 2.24. The Hall–Kier alpha value is -0.950. The molecular formula is C14H15Br2F2NO2. The summed E-state index contributed by atoms with van der Waals surface area (Å²) < 4.78 is 32.3. The van der Waals surface area contributed by atoms with Crippen LogP contribution in [0.15, 0.2) is 27.7 Å². The van der Waals surface area contributed by atoms with E-state index in [9.17, 15) is 13.6 Å². The van der Waals surface area contributed by atoms with Crippen molar-refractivity contribution in [2.45, 2.75) is 32.4 Å². The SMILES string of the molecule is CC(C)(C)OC(=O)N[C@@H](C=C(Br)Br)c1cc(F)cc(F)c1. The molecule has 0 bridgehead atoms. The van der Waals surface area contributed by atoms with E-state index in [0.717, 1.165) is 18.2 Å². The highest BCUT2D eigenvalue weighted by molar-refractivity contribution is 9.28. The Balaban J connectivity index is 3.01. The maximum atomic E-state index is 13.3. The van der Waals surface area contributed by atoms with E-state index < -0.39 is 29.4 Å². The Labute approximate surface area is 139 Å². The van der Waals surface area contributed by atoms with Crippen molar-refractivity contribution in [1.82, 2.24) is 5.32 Å². The minimum Gasteiger partial charge on any atom is -0.444 e. The Kier molecular flexibility index (Phi) is 6.34. The van der Waals surface area contributed by atoms with Gasteiger partial charge in [-0.15, -0.1) is 0 Å². The first-order chi connectivity index (χ1) is 9.56. The summed E-state index contributed by atoms with van der Waals surface area (Å²) >= 11 is 6.32. The number of ether oxygens (including phenoxy) is 1. The average Bonchev–Trinajstić information content (AvgIpc) is 2.23. The van der Waals surface area contributed by atoms with Crippen LogP contribution in [-0.2, 0) is 4.74 Å². The van der Waals surface area contributed by atoms with Crippen molar-refractivity contribution in [3.63, 3.8) is 0 Å². The Bertz CT molecular complexity index is 532. The van der Waals surface area contributed by atoms with Gasteiger partial charge in [-0.1, -0.05) is 0 Å². The van der Waals surface area contributed by atoms with Gasteiger partial charge < -0.3 is 10.1 Å². The lowest BCUT2D eigenvalue weighted by Crippen LogP contribution is -2.34. The molecule has 0 fully saturated rings. The molecule has 0 radical (unpaired) electrons. The summed E-state index contributed by atoms with van der Waals surface area (Å²) in [7, 11) is 0. The van der Waals surface area contributed by atoms with Gasteiger partial charge in [0.1, 0.15) is 17.2 Å². The van der Waals surface area contributed by atoms with Gasteiger partial charge in [0.05, 0.1) is 9.43 Å². The zero-order chi connectivity index (χ0) is 16.2. The van der Waals surface area contributed by atoms with Gasteiger partial charge in [-0.3, -0.25) is 0 Å². The molecule has 3 nitrogen and oxygen atoms in total. The van der Waals surface area contributed by atoms with Crippen LogP contribution >= 0.6 is 31.9 Å². The molecule has 1 amide bonds. The summed E-state index contributed by atoms with van der Waals surface area (Å²) in [6.07, 6.45) is 0.854. The molecule has 1 aromatic carbocycles. The van der Waals surface area contributed by atoms with Crippen LogP contribution in [0.25, 0.3) is 0 Å². The maximum absolute atomic E-state index is 13.3. The fourth-order valence-corrected chi connectivity index (χ4v) is 2.07. The van der Waals surface area contributed by atoms with Crippen molar-refractivity contribution in [1.29, 1.82) is 0 Å². The second-order valence-electron chi connectivity index (χ2n) is 5.28. The number of benzene rings is 1. The second kappa shape index (κ2) is 7.35. The molecule has 7 heteroatoms. The quantitative estimate of drug-likeness (QED) is 0.724. The van der Waals surface area contributed by atoms with Crippen molar-refractivity contribution in [2.75, 3.05) is 0 Å². The van der Waals surface area contributed by atoms with Gasteiger partial charge in [-0.05, 0) is 76.4 Å². The van der Waals surface area contributed by atoms with E-state index in [1.54, 1.807) is 20.8 Å². The van der Waals surface area contributed by atoms with Crippen LogP contribution in [0.1, 0.15) is 32.4 Å². The second-order valence-corrected chi connectivity index (χ2v) is 8.06. The van der Waals surface area contributed by atoms with Crippen LogP contribution in [0.2, 0.25) is 0 Å². The smallest absolute Gasteiger partial charge is 0.408 e. The lowest BCUT2D eigenvalue weighted by Gasteiger charge is -2.22. The number of rotatable bonds is 3. The van der Waals surface area contributed by atoms with Gasteiger partial charge in [0, 0.05) is 6.07 Å². The minimum atomic E-state index is -0.751. The molecule has 1 rings (SSSR count). The predicted molar refractivity (Wildman–Crippen MR) is 84.4 cm³/mol. The van der Waals surface area contributed by atoms with E-state index in [1.165, 1.54) is 6.08 Å². The number of nitrogens with one attached hydrogen (secondary N) is 1. The highest BCUT2D eigenvalue weighted by Gasteiger charge is 2.20. The van der Waals surface area contributed by atoms with Crippen LogP contribution < -0.4 is 5.32 Å². The molecule has 0 aliphatic carbocycles. The summed E-state index contributed by atoms with van der Waals surface area (Å²) in [6.45, 7) is 5.17. The third-order valence-electron chi connectivity index (χ3n) is 2.21. The molecule has 0 aliphatic heterocycles. The topological polar surface area (TPSA) is 38.3 Å². The van der Waals surface area contributed by atoms with Gasteiger partial charge in [0.15, 0.2) is 0 Å². The standard InChI is InChI=1S/C14H15Br2F2NO2/c1-14(2,3)21-13(20)19-11(7-12(15)16)8-4-9(17)6-10(18)5-8/h4-7,11H,1-3H3,(H,19,20)/t11-/m0/s1. The molecule has 0 saturated carbocycles. The van der Waals surface area contributed by atoms with E-state index in [1.807, 2.05) is 0 Å². The Morgan fingerprint density at radius 2 is 1.76 bits per heavy atom. The van der Waals surface area contributed by atoms with Crippen LogP contribution in [0.4, 0.5) is 13.6 Å². The monoisotopic (exact) mass is 425 g/mol. The van der Waals surface area contributed by atoms with E-state index in [-0.39, 0.29) is 5.56 Å². The summed E-state index contributed by atoms with van der Waals surface area (Å²) in [5.41, 5.74) is -0.410. The van der Waals surface area contributed by atoms with Crippen LogP contribution in [-0.4, -0.2) is 11.7 Å². The molecule has 0 aromatic heterocycles. The predicted octanol–water partition coefficient (Wildman–Crippen LogP) is 5.16. The normalized spacial score (nSPS) is 12.5. The van der Waals surface area contributed by atoms with Gasteiger partial charge in [-0.25, -0.2) is 13.6 Å². The molecular weight excluding hydrogens is 412 g/mol. The molecule has 1 N–H and O–H groups in total. The van der Waals surface area contributed by atoms with Crippen LogP contribution in [0, 0.1) is 11.6 Å². The Morgan fingerprint density at radius 3 is 2.19 bits per heavy atom. The van der Waals surface area contributed by atoms with Crippen molar-refractivity contribution < 1.29 is 18.3 Å². The number of alkyl carbamates (subject to hydrolysis) is 1. The third kappa shape index (κ3) is 7.04. The summed E-state index contributed by atoms with van der Waals surface area (Å²) in [5, 5.41) is 2.54. The number of amides is 1. The fraction of sp³-hybridized carbons (Fsp3) is 0.357. The van der Waals surface area contributed by atoms with Crippen molar-refractivity contribution in [3.05, 3.63) is 44.9 Å². The molecule has 0 aliphatic rings. The fourth-order valence-electron chi connectivity index (χ4n) is 1.54. The number of hydrogen-bond acceptors (Lipinski definition) is 2. The summed E-state index contributed by atoms with van der Waals surface area (Å²) in [4.78, 5) is 11.8. The molecule has 0 unspecified atom stereocenters. The molecule has 0 spiro atoms. The summed E-state index contributed by atoms with van der Waals surface area (Å²) in [5.74, 6) is -1.44. The minimum absolute atomic E-state index is 0.259. The van der Waals surface area contributed by atoms with Gasteiger partial charge in [0.25, 0.3) is 0 Å². The lowest BCUT2D eigenvalue weighted by atomic mass is 10.1. The van der Waals surface area contributed by atoms with Gasteiger partial charge >= 0.3 is 6.09 Å². The van der Waals surface area contributed by atoms with Crippen molar-refractivity contribution in [2.24, 2.45) is 0 Å². The maximum Gasteiger partial charge on any atom is 0.408 e. The van der Waals surface area contributed by atoms with E-state index in [0.29, 0.717) is 3.39 Å². The first-order valence-electron chi connectivity index (χ1n) is 6.05. The van der Waals surface area contributed by atoms with Gasteiger partial charge in [-0.2, -0.15) is 0 Å². The zero-order valence-corrected chi connectivity index (χ0v) is 14.9. The molecule has 0 heterocycles. The van der Waals surface area contributed by atoms with Crippen LogP contribution in [0.5, 0.6) is 0 Å². The number of halogens is 4. The van der Waals surface area contributed by atoms with E-state index in [4.69, 9.17) is 4.74 Å².